The van der Waals surface area contributed by atoms with Crippen molar-refractivity contribution in [3.8, 4) is 5.75 Å². The Bertz CT molecular complexity index is 810. The molecule has 154 valence electrons. The van der Waals surface area contributed by atoms with Crippen molar-refractivity contribution in [3.05, 3.63) is 29.2 Å². The monoisotopic (exact) mass is 388 g/mol. The van der Waals surface area contributed by atoms with Crippen LogP contribution in [0.15, 0.2) is 12.3 Å². The zero-order valence-corrected chi connectivity index (χ0v) is 17.5. The quantitative estimate of drug-likeness (QED) is 0.753. The summed E-state index contributed by atoms with van der Waals surface area (Å²) in [4.78, 5) is 17.9. The van der Waals surface area contributed by atoms with Crippen LogP contribution in [0.5, 0.6) is 5.75 Å². The molecule has 0 atom stereocenters. The van der Waals surface area contributed by atoms with Crippen LogP contribution in [0.1, 0.15) is 55.4 Å². The van der Waals surface area contributed by atoms with E-state index in [0.29, 0.717) is 50.2 Å². The number of pyridine rings is 1. The van der Waals surface area contributed by atoms with Crippen molar-refractivity contribution in [2.75, 3.05) is 32.9 Å². The van der Waals surface area contributed by atoms with Crippen LogP contribution in [0, 0.1) is 12.8 Å². The second-order valence-electron chi connectivity index (χ2n) is 7.80. The fourth-order valence-electron chi connectivity index (χ4n) is 3.33. The van der Waals surface area contributed by atoms with Crippen LogP contribution in [0.4, 0.5) is 0 Å². The van der Waals surface area contributed by atoms with Gasteiger partial charge in [-0.05, 0) is 37.3 Å². The Morgan fingerprint density at radius 3 is 2.79 bits per heavy atom. The van der Waals surface area contributed by atoms with Gasteiger partial charge in [-0.2, -0.15) is 0 Å². The van der Waals surface area contributed by atoms with E-state index in [1.165, 1.54) is 0 Å². The number of nitrogens with zero attached hydrogens (tertiary/aromatic N) is 3. The molecule has 7 heteroatoms. The van der Waals surface area contributed by atoms with Gasteiger partial charge in [0, 0.05) is 19.3 Å². The van der Waals surface area contributed by atoms with E-state index in [2.05, 4.69) is 26.2 Å². The maximum Gasteiger partial charge on any atom is 0.284 e. The lowest BCUT2D eigenvalue weighted by Crippen LogP contribution is -2.48. The number of aromatic nitrogens is 2. The van der Waals surface area contributed by atoms with E-state index in [-0.39, 0.29) is 5.91 Å². The number of aryl methyl sites for hydroxylation is 2. The van der Waals surface area contributed by atoms with Gasteiger partial charge in [0.05, 0.1) is 25.5 Å². The standard InChI is InChI=1S/C21H32N4O3/c1-5-6-17-19(21(26)23-24-8-11-27-12-9-24)25-14-16(4)13-18(20(25)22-17)28-10-7-15(2)3/h13-15H,5-12H2,1-4H3,(H,23,26). The van der Waals surface area contributed by atoms with Crippen LogP contribution in [0.25, 0.3) is 5.65 Å². The third kappa shape index (κ3) is 4.83. The van der Waals surface area contributed by atoms with Gasteiger partial charge < -0.3 is 9.47 Å². The van der Waals surface area contributed by atoms with E-state index in [1.807, 2.05) is 28.6 Å². The third-order valence-corrected chi connectivity index (χ3v) is 4.82. The normalized spacial score (nSPS) is 15.3. The summed E-state index contributed by atoms with van der Waals surface area (Å²) in [6, 6.07) is 2.00. The van der Waals surface area contributed by atoms with Crippen LogP contribution in [0.2, 0.25) is 0 Å². The molecular weight excluding hydrogens is 356 g/mol. The number of ether oxygens (including phenoxy) is 2. The first-order chi connectivity index (χ1) is 13.5. The second-order valence-corrected chi connectivity index (χ2v) is 7.80. The molecule has 0 saturated carbocycles. The zero-order valence-electron chi connectivity index (χ0n) is 17.5. The highest BCUT2D eigenvalue weighted by molar-refractivity contribution is 5.94. The number of hydrogen-bond donors (Lipinski definition) is 1. The third-order valence-electron chi connectivity index (χ3n) is 4.82. The number of amides is 1. The summed E-state index contributed by atoms with van der Waals surface area (Å²) in [6.07, 6.45) is 4.61. The van der Waals surface area contributed by atoms with E-state index in [1.54, 1.807) is 0 Å². The molecule has 1 fully saturated rings. The first kappa shape index (κ1) is 20.6. The van der Waals surface area contributed by atoms with Crippen LogP contribution in [-0.2, 0) is 11.2 Å². The molecule has 1 aliphatic heterocycles. The molecule has 0 radical (unpaired) electrons. The van der Waals surface area contributed by atoms with Crippen molar-refractivity contribution in [3.63, 3.8) is 0 Å². The maximum absolute atomic E-state index is 13.1. The van der Waals surface area contributed by atoms with Gasteiger partial charge >= 0.3 is 0 Å². The molecule has 28 heavy (non-hydrogen) atoms. The molecule has 0 aromatic carbocycles. The molecule has 3 heterocycles. The minimum Gasteiger partial charge on any atom is -0.490 e. The highest BCUT2D eigenvalue weighted by Crippen LogP contribution is 2.25. The number of imidazole rings is 1. The average molecular weight is 389 g/mol. The van der Waals surface area contributed by atoms with Gasteiger partial charge in [-0.25, -0.2) is 9.99 Å². The minimum atomic E-state index is -0.128. The van der Waals surface area contributed by atoms with Crippen molar-refractivity contribution in [1.29, 1.82) is 0 Å². The molecule has 3 rings (SSSR count). The Balaban J connectivity index is 1.94. The Morgan fingerprint density at radius 2 is 2.11 bits per heavy atom. The van der Waals surface area contributed by atoms with Gasteiger partial charge in [0.1, 0.15) is 5.69 Å². The summed E-state index contributed by atoms with van der Waals surface area (Å²) in [5.74, 6) is 1.19. The first-order valence-electron chi connectivity index (χ1n) is 10.3. The van der Waals surface area contributed by atoms with Crippen molar-refractivity contribution >= 4 is 11.6 Å². The van der Waals surface area contributed by atoms with E-state index in [9.17, 15) is 4.79 Å². The van der Waals surface area contributed by atoms with Crippen LogP contribution in [0.3, 0.4) is 0 Å². The summed E-state index contributed by atoms with van der Waals surface area (Å²) in [5, 5.41) is 1.91. The van der Waals surface area contributed by atoms with Crippen molar-refractivity contribution in [2.24, 2.45) is 5.92 Å². The van der Waals surface area contributed by atoms with Crippen molar-refractivity contribution in [2.45, 2.75) is 47.0 Å². The smallest absolute Gasteiger partial charge is 0.284 e. The number of carbonyl (C=O) groups excluding carboxylic acids is 1. The Hall–Kier alpha value is -2.12. The predicted molar refractivity (Wildman–Crippen MR) is 109 cm³/mol. The SMILES string of the molecule is CCCc1nc2c(OCCC(C)C)cc(C)cn2c1C(=O)NN1CCOCC1. The summed E-state index contributed by atoms with van der Waals surface area (Å²) < 4.78 is 13.3. The molecular formula is C21H32N4O3. The average Bonchev–Trinajstić information content (AvgIpc) is 3.00. The van der Waals surface area contributed by atoms with Gasteiger partial charge in [0.15, 0.2) is 11.4 Å². The van der Waals surface area contributed by atoms with Crippen molar-refractivity contribution in [1.82, 2.24) is 19.8 Å². The largest absolute Gasteiger partial charge is 0.490 e. The molecule has 2 aromatic rings. The van der Waals surface area contributed by atoms with Crippen LogP contribution < -0.4 is 10.2 Å². The second kappa shape index (κ2) is 9.39. The van der Waals surface area contributed by atoms with E-state index in [0.717, 1.165) is 36.3 Å². The molecule has 2 aromatic heterocycles. The van der Waals surface area contributed by atoms with Gasteiger partial charge in [-0.3, -0.25) is 14.6 Å². The predicted octanol–water partition coefficient (Wildman–Crippen LogP) is 3.00. The van der Waals surface area contributed by atoms with Crippen molar-refractivity contribution < 1.29 is 14.3 Å². The van der Waals surface area contributed by atoms with Crippen LogP contribution >= 0.6 is 0 Å². The zero-order chi connectivity index (χ0) is 20.1. The lowest BCUT2D eigenvalue weighted by atomic mass is 10.1. The minimum absolute atomic E-state index is 0.128. The summed E-state index contributed by atoms with van der Waals surface area (Å²) >= 11 is 0. The highest BCUT2D eigenvalue weighted by Gasteiger charge is 2.23. The molecule has 0 unspecified atom stereocenters. The van der Waals surface area contributed by atoms with E-state index < -0.39 is 0 Å². The fraction of sp³-hybridized carbons (Fsp3) is 0.619. The summed E-state index contributed by atoms with van der Waals surface area (Å²) in [7, 11) is 0. The van der Waals surface area contributed by atoms with Gasteiger partial charge in [-0.1, -0.05) is 27.2 Å². The maximum atomic E-state index is 13.1. The van der Waals surface area contributed by atoms with E-state index in [4.69, 9.17) is 14.5 Å². The Kier molecular flexibility index (Phi) is 6.91. The van der Waals surface area contributed by atoms with Gasteiger partial charge in [0.25, 0.3) is 5.91 Å². The molecule has 1 saturated heterocycles. The number of hydrogen-bond acceptors (Lipinski definition) is 5. The number of carbonyl (C=O) groups is 1. The lowest BCUT2D eigenvalue weighted by Gasteiger charge is -2.27. The molecule has 0 aliphatic carbocycles. The molecule has 7 nitrogen and oxygen atoms in total. The molecule has 1 N–H and O–H groups in total. The molecule has 1 amide bonds. The Morgan fingerprint density at radius 1 is 1.36 bits per heavy atom. The van der Waals surface area contributed by atoms with Gasteiger partial charge in [0.2, 0.25) is 0 Å². The summed E-state index contributed by atoms with van der Waals surface area (Å²) in [5.41, 5.74) is 6.18. The number of hydrazine groups is 1. The number of rotatable bonds is 8. The van der Waals surface area contributed by atoms with Gasteiger partial charge in [-0.15, -0.1) is 0 Å². The van der Waals surface area contributed by atoms with Crippen LogP contribution in [-0.4, -0.2) is 53.2 Å². The molecule has 0 bridgehead atoms. The number of nitrogens with one attached hydrogen (secondary N) is 1. The number of morpholine rings is 1. The number of fused-ring (bicyclic) bond motifs is 1. The Labute approximate surface area is 167 Å². The topological polar surface area (TPSA) is 68.1 Å². The lowest BCUT2D eigenvalue weighted by molar-refractivity contribution is 0.0124. The molecule has 1 aliphatic rings. The first-order valence-corrected chi connectivity index (χ1v) is 10.3. The van der Waals surface area contributed by atoms with E-state index >= 15 is 0 Å². The fourth-order valence-corrected chi connectivity index (χ4v) is 3.33. The summed E-state index contributed by atoms with van der Waals surface area (Å²) in [6.45, 7) is 11.7. The molecule has 0 spiro atoms. The highest BCUT2D eigenvalue weighted by atomic mass is 16.5.